The van der Waals surface area contributed by atoms with Crippen LogP contribution in [0, 0.1) is 11.3 Å². The number of likely N-dealkylation sites (N-methyl/N-ethyl adjacent to an activating group) is 1. The van der Waals surface area contributed by atoms with Crippen molar-refractivity contribution in [1.29, 1.82) is 5.26 Å². The van der Waals surface area contributed by atoms with E-state index in [4.69, 9.17) is 15.1 Å². The van der Waals surface area contributed by atoms with Gasteiger partial charge in [0.15, 0.2) is 6.10 Å². The minimum atomic E-state index is -1.07. The van der Waals surface area contributed by atoms with Gasteiger partial charge in [0, 0.05) is 13.6 Å². The highest BCUT2D eigenvalue weighted by Gasteiger charge is 2.26. The number of urea groups is 1. The first kappa shape index (κ1) is 12.3. The summed E-state index contributed by atoms with van der Waals surface area (Å²) in [4.78, 5) is 24.7. The molecule has 2 amide bonds. The van der Waals surface area contributed by atoms with Crippen LogP contribution in [0.25, 0.3) is 0 Å². The maximum absolute atomic E-state index is 11.7. The zero-order valence-corrected chi connectivity index (χ0v) is 8.92. The third-order valence-corrected chi connectivity index (χ3v) is 2.18. The van der Waals surface area contributed by atoms with Gasteiger partial charge in [0.25, 0.3) is 0 Å². The molecule has 0 aromatic carbocycles. The number of amides is 2. The SMILES string of the molecule is CN(CC(=O)O)C(=O)N1CCOC(C#N)C1. The van der Waals surface area contributed by atoms with Gasteiger partial charge in [-0.2, -0.15) is 5.26 Å². The summed E-state index contributed by atoms with van der Waals surface area (Å²) in [7, 11) is 1.41. The van der Waals surface area contributed by atoms with Crippen LogP contribution in [-0.4, -0.2) is 66.3 Å². The molecule has 1 unspecified atom stereocenters. The van der Waals surface area contributed by atoms with Gasteiger partial charge in [-0.05, 0) is 0 Å². The molecule has 1 aliphatic rings. The Balaban J connectivity index is 2.53. The zero-order chi connectivity index (χ0) is 12.1. The number of carboxylic acid groups (broad SMARTS) is 1. The van der Waals surface area contributed by atoms with Gasteiger partial charge in [0.1, 0.15) is 6.54 Å². The number of hydrogen-bond donors (Lipinski definition) is 1. The van der Waals surface area contributed by atoms with E-state index in [-0.39, 0.29) is 13.1 Å². The molecule has 0 saturated carbocycles. The van der Waals surface area contributed by atoms with Gasteiger partial charge in [-0.15, -0.1) is 0 Å². The van der Waals surface area contributed by atoms with E-state index in [2.05, 4.69) is 0 Å². The van der Waals surface area contributed by atoms with Gasteiger partial charge in [0.05, 0.1) is 19.2 Å². The summed E-state index contributed by atoms with van der Waals surface area (Å²) < 4.78 is 5.08. The number of carbonyl (C=O) groups is 2. The summed E-state index contributed by atoms with van der Waals surface area (Å²) in [6.45, 7) is 0.499. The fraction of sp³-hybridized carbons (Fsp3) is 0.667. The second-order valence-electron chi connectivity index (χ2n) is 3.47. The van der Waals surface area contributed by atoms with E-state index >= 15 is 0 Å². The van der Waals surface area contributed by atoms with E-state index in [1.54, 1.807) is 0 Å². The molecule has 0 aliphatic carbocycles. The highest BCUT2D eigenvalue weighted by atomic mass is 16.5. The summed E-state index contributed by atoms with van der Waals surface area (Å²) in [5.74, 6) is -1.07. The maximum atomic E-state index is 11.7. The van der Waals surface area contributed by atoms with Crippen LogP contribution in [0.15, 0.2) is 0 Å². The quantitative estimate of drug-likeness (QED) is 0.676. The Labute approximate surface area is 92.8 Å². The molecule has 88 valence electrons. The van der Waals surface area contributed by atoms with Gasteiger partial charge in [-0.3, -0.25) is 4.79 Å². The second kappa shape index (κ2) is 5.32. The molecule has 7 heteroatoms. The van der Waals surface area contributed by atoms with Crippen molar-refractivity contribution in [3.05, 3.63) is 0 Å². The predicted molar refractivity (Wildman–Crippen MR) is 52.6 cm³/mol. The number of nitrogens with zero attached hydrogens (tertiary/aromatic N) is 3. The molecule has 1 rings (SSSR count). The summed E-state index contributed by atoms with van der Waals surface area (Å²) >= 11 is 0. The smallest absolute Gasteiger partial charge is 0.323 e. The monoisotopic (exact) mass is 227 g/mol. The summed E-state index contributed by atoms with van der Waals surface area (Å²) in [5.41, 5.74) is 0. The number of nitriles is 1. The van der Waals surface area contributed by atoms with E-state index in [1.807, 2.05) is 6.07 Å². The van der Waals surface area contributed by atoms with E-state index < -0.39 is 18.1 Å². The lowest BCUT2D eigenvalue weighted by Gasteiger charge is -2.32. The Morgan fingerprint density at radius 1 is 1.69 bits per heavy atom. The number of hydrogen-bond acceptors (Lipinski definition) is 4. The van der Waals surface area contributed by atoms with Crippen molar-refractivity contribution in [3.63, 3.8) is 0 Å². The van der Waals surface area contributed by atoms with Gasteiger partial charge < -0.3 is 19.6 Å². The number of carbonyl (C=O) groups excluding carboxylic acids is 1. The fourth-order valence-corrected chi connectivity index (χ4v) is 1.41. The maximum Gasteiger partial charge on any atom is 0.323 e. The number of ether oxygens (including phenoxy) is 1. The van der Waals surface area contributed by atoms with Gasteiger partial charge in [-0.25, -0.2) is 4.79 Å². The zero-order valence-electron chi connectivity index (χ0n) is 8.92. The second-order valence-corrected chi connectivity index (χ2v) is 3.47. The minimum Gasteiger partial charge on any atom is -0.480 e. The van der Waals surface area contributed by atoms with Crippen molar-refractivity contribution in [1.82, 2.24) is 9.80 Å². The van der Waals surface area contributed by atoms with E-state index in [0.29, 0.717) is 13.2 Å². The standard InChI is InChI=1S/C9H13N3O4/c1-11(6-8(13)14)9(15)12-2-3-16-7(4-10)5-12/h7H,2-3,5-6H2,1H3,(H,13,14). The van der Waals surface area contributed by atoms with Crippen LogP contribution in [0.4, 0.5) is 4.79 Å². The topological polar surface area (TPSA) is 93.9 Å². The van der Waals surface area contributed by atoms with Crippen LogP contribution < -0.4 is 0 Å². The largest absolute Gasteiger partial charge is 0.480 e. The molecule has 0 spiro atoms. The van der Waals surface area contributed by atoms with Crippen molar-refractivity contribution in [2.45, 2.75) is 6.10 Å². The Hall–Kier alpha value is -1.81. The highest BCUT2D eigenvalue weighted by Crippen LogP contribution is 2.06. The molecule has 1 fully saturated rings. The highest BCUT2D eigenvalue weighted by molar-refractivity contribution is 5.80. The van der Waals surface area contributed by atoms with Crippen molar-refractivity contribution in [3.8, 4) is 6.07 Å². The van der Waals surface area contributed by atoms with Crippen molar-refractivity contribution < 1.29 is 19.4 Å². The van der Waals surface area contributed by atoms with Crippen molar-refractivity contribution in [2.24, 2.45) is 0 Å². The third kappa shape index (κ3) is 3.10. The Morgan fingerprint density at radius 2 is 2.38 bits per heavy atom. The molecule has 1 aliphatic heterocycles. The predicted octanol–water partition coefficient (Wildman–Crippen LogP) is -0.653. The van der Waals surface area contributed by atoms with Crippen LogP contribution in [0.3, 0.4) is 0 Å². The summed E-state index contributed by atoms with van der Waals surface area (Å²) in [5, 5.41) is 17.2. The van der Waals surface area contributed by atoms with Crippen LogP contribution in [0.1, 0.15) is 0 Å². The average molecular weight is 227 g/mol. The molecule has 0 radical (unpaired) electrons. The third-order valence-electron chi connectivity index (χ3n) is 2.18. The molecule has 0 bridgehead atoms. The van der Waals surface area contributed by atoms with Crippen LogP contribution in [-0.2, 0) is 9.53 Å². The van der Waals surface area contributed by atoms with Crippen molar-refractivity contribution in [2.75, 3.05) is 33.3 Å². The van der Waals surface area contributed by atoms with Gasteiger partial charge >= 0.3 is 12.0 Å². The van der Waals surface area contributed by atoms with Crippen LogP contribution in [0.5, 0.6) is 0 Å². The first-order valence-corrected chi connectivity index (χ1v) is 4.77. The summed E-state index contributed by atoms with van der Waals surface area (Å²) in [6.07, 6.45) is -0.629. The number of carboxylic acids is 1. The molecule has 1 saturated heterocycles. The molecule has 1 atom stereocenters. The Morgan fingerprint density at radius 3 is 2.94 bits per heavy atom. The van der Waals surface area contributed by atoms with Gasteiger partial charge in [-0.1, -0.05) is 0 Å². The number of morpholine rings is 1. The van der Waals surface area contributed by atoms with Crippen LogP contribution >= 0.6 is 0 Å². The molecule has 0 aromatic rings. The average Bonchev–Trinajstić information content (AvgIpc) is 2.27. The first-order chi connectivity index (χ1) is 7.54. The molecule has 16 heavy (non-hydrogen) atoms. The summed E-state index contributed by atoms with van der Waals surface area (Å²) in [6, 6.07) is 1.52. The molecule has 7 nitrogen and oxygen atoms in total. The molecule has 0 aromatic heterocycles. The lowest BCUT2D eigenvalue weighted by Crippen LogP contribution is -2.50. The minimum absolute atomic E-state index is 0.180. The molecular weight excluding hydrogens is 214 g/mol. The number of rotatable bonds is 2. The van der Waals surface area contributed by atoms with Crippen molar-refractivity contribution >= 4 is 12.0 Å². The normalized spacial score (nSPS) is 20.0. The van der Waals surface area contributed by atoms with E-state index in [1.165, 1.54) is 11.9 Å². The number of aliphatic carboxylic acids is 1. The van der Waals surface area contributed by atoms with E-state index in [0.717, 1.165) is 4.90 Å². The van der Waals surface area contributed by atoms with E-state index in [9.17, 15) is 9.59 Å². The lowest BCUT2D eigenvalue weighted by molar-refractivity contribution is -0.137. The lowest BCUT2D eigenvalue weighted by atomic mass is 10.3. The molecule has 1 N–H and O–H groups in total. The molecular formula is C9H13N3O4. The van der Waals surface area contributed by atoms with Crippen LogP contribution in [0.2, 0.25) is 0 Å². The Kier molecular flexibility index (Phi) is 4.08. The van der Waals surface area contributed by atoms with Gasteiger partial charge in [0.2, 0.25) is 0 Å². The Bertz CT molecular complexity index is 325. The first-order valence-electron chi connectivity index (χ1n) is 4.77. The molecule has 1 heterocycles. The fourth-order valence-electron chi connectivity index (χ4n) is 1.41.